The van der Waals surface area contributed by atoms with Gasteiger partial charge in [-0.2, -0.15) is 0 Å². The van der Waals surface area contributed by atoms with Gasteiger partial charge in [-0.05, 0) is 36.4 Å². The second-order valence-corrected chi connectivity index (χ2v) is 6.26. The van der Waals surface area contributed by atoms with Crippen molar-refractivity contribution in [2.24, 2.45) is 0 Å². The van der Waals surface area contributed by atoms with E-state index in [2.05, 4.69) is 15.5 Å². The third-order valence-corrected chi connectivity index (χ3v) is 4.00. The molecule has 3 aromatic rings. The number of hydrogen-bond acceptors (Lipinski definition) is 6. The summed E-state index contributed by atoms with van der Waals surface area (Å²) in [6.45, 7) is 0.921. The van der Waals surface area contributed by atoms with Crippen molar-refractivity contribution in [2.75, 3.05) is 18.5 Å². The van der Waals surface area contributed by atoms with Gasteiger partial charge in [-0.3, -0.25) is 10.1 Å². The predicted molar refractivity (Wildman–Crippen MR) is 95.1 cm³/mol. The molecule has 26 heavy (non-hydrogen) atoms. The number of nitrogens with one attached hydrogen (secondary N) is 1. The average Bonchev–Trinajstić information content (AvgIpc) is 3.09. The van der Waals surface area contributed by atoms with Crippen molar-refractivity contribution < 1.29 is 18.7 Å². The molecule has 0 radical (unpaired) electrons. The molecule has 7 nitrogen and oxygen atoms in total. The van der Waals surface area contributed by atoms with Crippen molar-refractivity contribution in [1.29, 1.82) is 0 Å². The fourth-order valence-electron chi connectivity index (χ4n) is 2.42. The maximum atomic E-state index is 12.4. The summed E-state index contributed by atoms with van der Waals surface area (Å²) in [5.41, 5.74) is 0.926. The minimum Gasteiger partial charge on any atom is -0.486 e. The Bertz CT molecular complexity index is 970. The topological polar surface area (TPSA) is 86.5 Å². The van der Waals surface area contributed by atoms with Crippen molar-refractivity contribution in [2.45, 2.75) is 0 Å². The van der Waals surface area contributed by atoms with Crippen LogP contribution in [0.3, 0.4) is 0 Å². The first-order chi connectivity index (χ1) is 12.6. The van der Waals surface area contributed by atoms with Gasteiger partial charge in [-0.15, -0.1) is 5.10 Å². The van der Waals surface area contributed by atoms with Crippen molar-refractivity contribution in [1.82, 2.24) is 10.2 Å². The molecule has 0 unspecified atom stereocenters. The molecule has 1 N–H and O–H groups in total. The van der Waals surface area contributed by atoms with Gasteiger partial charge < -0.3 is 13.9 Å². The van der Waals surface area contributed by atoms with Gasteiger partial charge in [0.1, 0.15) is 13.2 Å². The van der Waals surface area contributed by atoms with E-state index < -0.39 is 5.91 Å². The summed E-state index contributed by atoms with van der Waals surface area (Å²) in [5.74, 6) is 0.891. The molecule has 2 aromatic carbocycles. The van der Waals surface area contributed by atoms with E-state index in [0.717, 1.165) is 0 Å². The van der Waals surface area contributed by atoms with Crippen molar-refractivity contribution in [3.8, 4) is 23.0 Å². The third kappa shape index (κ3) is 3.44. The van der Waals surface area contributed by atoms with Crippen LogP contribution in [0.25, 0.3) is 11.5 Å². The zero-order valence-corrected chi connectivity index (χ0v) is 14.7. The van der Waals surface area contributed by atoms with Crippen molar-refractivity contribution >= 4 is 35.1 Å². The van der Waals surface area contributed by atoms with Crippen LogP contribution in [0.2, 0.25) is 10.0 Å². The first-order valence-electron chi connectivity index (χ1n) is 7.59. The molecular weight excluding hydrogens is 381 g/mol. The summed E-state index contributed by atoms with van der Waals surface area (Å²) in [5, 5.41) is 11.1. The fourth-order valence-corrected chi connectivity index (χ4v) is 2.95. The van der Waals surface area contributed by atoms with Crippen LogP contribution in [0.1, 0.15) is 10.4 Å². The largest absolute Gasteiger partial charge is 0.486 e. The van der Waals surface area contributed by atoms with Crippen LogP contribution >= 0.6 is 23.2 Å². The van der Waals surface area contributed by atoms with Gasteiger partial charge in [0.25, 0.3) is 5.91 Å². The van der Waals surface area contributed by atoms with E-state index in [1.54, 1.807) is 36.4 Å². The molecule has 0 aliphatic carbocycles. The van der Waals surface area contributed by atoms with Crippen LogP contribution < -0.4 is 14.8 Å². The first-order valence-corrected chi connectivity index (χ1v) is 8.35. The Hall–Kier alpha value is -2.77. The van der Waals surface area contributed by atoms with Gasteiger partial charge in [0, 0.05) is 21.2 Å². The lowest BCUT2D eigenvalue weighted by molar-refractivity contribution is 0.102. The zero-order valence-electron chi connectivity index (χ0n) is 13.2. The van der Waals surface area contributed by atoms with Gasteiger partial charge in [-0.1, -0.05) is 28.3 Å². The number of amides is 1. The number of fused-ring (bicyclic) bond motifs is 1. The molecule has 1 aliphatic rings. The van der Waals surface area contributed by atoms with E-state index in [1.165, 1.54) is 0 Å². The smallest absolute Gasteiger partial charge is 0.322 e. The molecule has 2 heterocycles. The number of benzene rings is 2. The number of carbonyl (C=O) groups excluding carboxylic acids is 1. The summed E-state index contributed by atoms with van der Waals surface area (Å²) >= 11 is 11.9. The minimum atomic E-state index is -0.415. The zero-order chi connectivity index (χ0) is 18.1. The van der Waals surface area contributed by atoms with Crippen molar-refractivity contribution in [3.05, 3.63) is 52.0 Å². The van der Waals surface area contributed by atoms with E-state index in [-0.39, 0.29) is 11.9 Å². The highest BCUT2D eigenvalue weighted by Gasteiger charge is 2.17. The molecule has 0 saturated heterocycles. The SMILES string of the molecule is O=C(Nc1nnc(-c2cc(Cl)cc(Cl)c2)o1)c1ccc2c(c1)OCCO2. The Morgan fingerprint density at radius 2 is 1.69 bits per heavy atom. The molecule has 0 fully saturated rings. The standard InChI is InChI=1S/C17H11Cl2N3O4/c18-11-5-10(6-12(19)8-11)16-21-22-17(26-16)20-15(23)9-1-2-13-14(7-9)25-4-3-24-13/h1-2,5-8H,3-4H2,(H,20,22,23). The van der Waals surface area contributed by atoms with Gasteiger partial charge in [0.2, 0.25) is 5.89 Å². The molecular formula is C17H11Cl2N3O4. The molecule has 0 spiro atoms. The lowest BCUT2D eigenvalue weighted by atomic mass is 10.2. The molecule has 1 aromatic heterocycles. The quantitative estimate of drug-likeness (QED) is 0.723. The normalized spacial score (nSPS) is 12.7. The second-order valence-electron chi connectivity index (χ2n) is 5.38. The molecule has 1 amide bonds. The van der Waals surface area contributed by atoms with Crippen LogP contribution in [0, 0.1) is 0 Å². The van der Waals surface area contributed by atoms with E-state index in [0.29, 0.717) is 45.9 Å². The van der Waals surface area contributed by atoms with E-state index >= 15 is 0 Å². The first kappa shape index (κ1) is 16.7. The average molecular weight is 392 g/mol. The number of carbonyl (C=O) groups is 1. The maximum Gasteiger partial charge on any atom is 0.322 e. The molecule has 1 aliphatic heterocycles. The Labute approximate surface area is 157 Å². The summed E-state index contributed by atoms with van der Waals surface area (Å²) < 4.78 is 16.4. The fraction of sp³-hybridized carbons (Fsp3) is 0.118. The Morgan fingerprint density at radius 1 is 0.962 bits per heavy atom. The number of aromatic nitrogens is 2. The van der Waals surface area contributed by atoms with Gasteiger partial charge >= 0.3 is 6.01 Å². The van der Waals surface area contributed by atoms with Gasteiger partial charge in [0.15, 0.2) is 11.5 Å². The highest BCUT2D eigenvalue weighted by molar-refractivity contribution is 6.35. The number of anilines is 1. The minimum absolute atomic E-state index is 0.0454. The lowest BCUT2D eigenvalue weighted by Gasteiger charge is -2.18. The van der Waals surface area contributed by atoms with Crippen LogP contribution in [-0.4, -0.2) is 29.3 Å². The van der Waals surface area contributed by atoms with Gasteiger partial charge in [0.05, 0.1) is 0 Å². The molecule has 4 rings (SSSR count). The summed E-state index contributed by atoms with van der Waals surface area (Å²) in [4.78, 5) is 12.4. The molecule has 132 valence electrons. The van der Waals surface area contributed by atoms with E-state index in [4.69, 9.17) is 37.1 Å². The van der Waals surface area contributed by atoms with E-state index in [9.17, 15) is 4.79 Å². The van der Waals surface area contributed by atoms with Crippen molar-refractivity contribution in [3.63, 3.8) is 0 Å². The van der Waals surface area contributed by atoms with Crippen LogP contribution in [0.4, 0.5) is 6.01 Å². The predicted octanol–water partition coefficient (Wildman–Crippen LogP) is 4.07. The Balaban J connectivity index is 1.53. The van der Waals surface area contributed by atoms with Crippen LogP contribution in [-0.2, 0) is 0 Å². The Morgan fingerprint density at radius 3 is 2.46 bits per heavy atom. The number of halogens is 2. The highest BCUT2D eigenvalue weighted by Crippen LogP contribution is 2.31. The number of rotatable bonds is 3. The monoisotopic (exact) mass is 391 g/mol. The summed E-state index contributed by atoms with van der Waals surface area (Å²) in [7, 11) is 0. The Kier molecular flexibility index (Phi) is 4.40. The number of ether oxygens (including phenoxy) is 2. The van der Waals surface area contributed by atoms with E-state index in [1.807, 2.05) is 0 Å². The number of nitrogens with zero attached hydrogens (tertiary/aromatic N) is 2. The molecule has 9 heteroatoms. The van der Waals surface area contributed by atoms with Crippen LogP contribution in [0.5, 0.6) is 11.5 Å². The van der Waals surface area contributed by atoms with Gasteiger partial charge in [-0.25, -0.2) is 0 Å². The third-order valence-electron chi connectivity index (χ3n) is 3.56. The lowest BCUT2D eigenvalue weighted by Crippen LogP contribution is -2.17. The molecule has 0 bridgehead atoms. The summed E-state index contributed by atoms with van der Waals surface area (Å²) in [6, 6.07) is 9.70. The molecule has 0 atom stereocenters. The highest BCUT2D eigenvalue weighted by atomic mass is 35.5. The van der Waals surface area contributed by atoms with Crippen LogP contribution in [0.15, 0.2) is 40.8 Å². The maximum absolute atomic E-state index is 12.4. The second kappa shape index (κ2) is 6.86. The number of hydrogen-bond donors (Lipinski definition) is 1. The summed E-state index contributed by atoms with van der Waals surface area (Å²) in [6.07, 6.45) is 0. The molecule has 0 saturated carbocycles.